The molecule has 7 aromatic rings. The molecule has 4 aromatic carbocycles. The molecule has 0 radical (unpaired) electrons. The number of unbranched alkanes of at least 4 members (excludes halogenated alkanes) is 36. The number of benzene rings is 4. The van der Waals surface area contributed by atoms with Crippen LogP contribution in [0.25, 0.3) is 90.9 Å². The average Bonchev–Trinajstić information content (AvgIpc) is 1.61. The van der Waals surface area contributed by atoms with Crippen molar-refractivity contribution in [2.75, 3.05) is 26.4 Å². The smallest absolute Gasteiger partial charge is 0.119 e. The van der Waals surface area contributed by atoms with E-state index in [0.717, 1.165) is 138 Å². The summed E-state index contributed by atoms with van der Waals surface area (Å²) in [6.07, 6.45) is 60.7. The minimum absolute atomic E-state index is 0.717. The zero-order valence-electron chi connectivity index (χ0n) is 62.5. The number of fused-ring (bicyclic) bond motifs is 8. The highest BCUT2D eigenvalue weighted by Gasteiger charge is 2.20. The first kappa shape index (κ1) is 76.9. The molecule has 9 rings (SSSR count). The van der Waals surface area contributed by atoms with E-state index < -0.39 is 0 Å². The van der Waals surface area contributed by atoms with E-state index in [4.69, 9.17) is 28.9 Å². The molecule has 0 saturated carbocycles. The number of hydrogen-bond acceptors (Lipinski definition) is 6. The van der Waals surface area contributed by atoms with E-state index in [9.17, 15) is 0 Å². The van der Waals surface area contributed by atoms with Gasteiger partial charge in [-0.05, 0) is 145 Å². The molecule has 2 N–H and O–H groups in total. The van der Waals surface area contributed by atoms with E-state index in [1.807, 2.05) is 0 Å². The van der Waals surface area contributed by atoms with Gasteiger partial charge in [0.2, 0.25) is 0 Å². The summed E-state index contributed by atoms with van der Waals surface area (Å²) in [5, 5.41) is 0. The molecule has 0 fully saturated rings. The van der Waals surface area contributed by atoms with Crippen molar-refractivity contribution < 1.29 is 18.9 Å². The summed E-state index contributed by atoms with van der Waals surface area (Å²) in [6.45, 7) is 12.0. The summed E-state index contributed by atoms with van der Waals surface area (Å²) in [5.41, 5.74) is 15.5. The van der Waals surface area contributed by atoms with E-state index in [2.05, 4.69) is 183 Å². The van der Waals surface area contributed by atoms with Gasteiger partial charge in [-0.2, -0.15) is 0 Å². The summed E-state index contributed by atoms with van der Waals surface area (Å²) < 4.78 is 25.7. The van der Waals surface area contributed by atoms with Crippen LogP contribution < -0.4 is 18.9 Å². The van der Waals surface area contributed by atoms with Crippen LogP contribution in [0.1, 0.15) is 307 Å². The molecule has 2 aliphatic rings. The van der Waals surface area contributed by atoms with E-state index in [1.165, 1.54) is 231 Å². The number of nitrogens with zero attached hydrogens (tertiary/aromatic N) is 2. The Morgan fingerprint density at radius 2 is 0.380 bits per heavy atom. The van der Waals surface area contributed by atoms with Gasteiger partial charge in [-0.3, -0.25) is 0 Å². The Kier molecular flexibility index (Phi) is 35.0. The first-order valence-corrected chi connectivity index (χ1v) is 40.6. The highest BCUT2D eigenvalue weighted by Crippen LogP contribution is 2.40. The van der Waals surface area contributed by atoms with Gasteiger partial charge in [-0.15, -0.1) is 0 Å². The predicted octanol–water partition coefficient (Wildman–Crippen LogP) is 28.5. The second-order valence-corrected chi connectivity index (χ2v) is 28.7. The number of ether oxygens (including phenoxy) is 4. The van der Waals surface area contributed by atoms with Crippen molar-refractivity contribution in [3.8, 4) is 67.5 Å². The molecule has 0 spiro atoms. The fraction of sp³-hybridized carbons (Fsp3) is 0.522. The fourth-order valence-corrected chi connectivity index (χ4v) is 14.4. The Balaban J connectivity index is 1.05. The summed E-state index contributed by atoms with van der Waals surface area (Å²) in [4.78, 5) is 19.3. The lowest BCUT2D eigenvalue weighted by molar-refractivity contribution is 0.304. The third-order valence-electron chi connectivity index (χ3n) is 20.4. The van der Waals surface area contributed by atoms with Gasteiger partial charge in [-0.25, -0.2) is 9.97 Å². The normalized spacial score (nSPS) is 11.9. The number of nitrogens with one attached hydrogen (secondary N) is 2. The molecule has 0 saturated heterocycles. The number of rotatable bonds is 52. The highest BCUT2D eigenvalue weighted by atomic mass is 16.5. The lowest BCUT2D eigenvalue weighted by Gasteiger charge is -2.10. The van der Waals surface area contributed by atoms with Gasteiger partial charge in [0, 0.05) is 44.3 Å². The van der Waals surface area contributed by atoms with Gasteiger partial charge in [0.15, 0.2) is 0 Å². The Bertz CT molecular complexity index is 3160. The summed E-state index contributed by atoms with van der Waals surface area (Å²) in [5.74, 6) is 3.54. The largest absolute Gasteiger partial charge is 0.494 e. The predicted molar refractivity (Wildman–Crippen MR) is 430 cm³/mol. The zero-order chi connectivity index (χ0) is 69.3. The molecule has 3 aromatic heterocycles. The van der Waals surface area contributed by atoms with Crippen LogP contribution in [0.3, 0.4) is 0 Å². The average molecular weight is 1350 g/mol. The number of aromatic amines is 2. The van der Waals surface area contributed by atoms with Crippen molar-refractivity contribution in [1.82, 2.24) is 19.9 Å². The van der Waals surface area contributed by atoms with Gasteiger partial charge < -0.3 is 28.9 Å². The van der Waals surface area contributed by atoms with Crippen LogP contribution in [-0.4, -0.2) is 46.4 Å². The third kappa shape index (κ3) is 25.6. The maximum absolute atomic E-state index is 6.43. The summed E-state index contributed by atoms with van der Waals surface area (Å²) in [6, 6.07) is 43.5. The van der Waals surface area contributed by atoms with Crippen molar-refractivity contribution in [3.63, 3.8) is 0 Å². The Morgan fingerprint density at radius 3 is 0.560 bits per heavy atom. The van der Waals surface area contributed by atoms with Gasteiger partial charge in [0.1, 0.15) is 23.0 Å². The van der Waals surface area contributed by atoms with E-state index in [1.54, 1.807) is 0 Å². The molecule has 8 bridgehead atoms. The first-order chi connectivity index (χ1) is 49.5. The quantitative estimate of drug-likeness (QED) is 0.0369. The molecule has 0 aliphatic carbocycles. The number of hydrogen-bond donors (Lipinski definition) is 2. The van der Waals surface area contributed by atoms with Gasteiger partial charge >= 0.3 is 0 Å². The van der Waals surface area contributed by atoms with Gasteiger partial charge in [0.05, 0.1) is 49.2 Å². The monoisotopic (exact) mass is 1350 g/mol. The minimum Gasteiger partial charge on any atom is -0.494 e. The number of aromatic nitrogens is 4. The minimum atomic E-state index is 0.717. The van der Waals surface area contributed by atoms with Gasteiger partial charge in [-0.1, -0.05) is 307 Å². The standard InChI is InChI=1S/C92H126N4O4/c1-5-9-13-17-21-25-29-33-37-41-69-97-77-53-45-73(46-54-77)89-81-61-63-83(93-81)90(74-47-55-78(56-48-74)98-70-42-38-34-30-26-22-18-14-10-6-2)85-65-67-87(95-85)92(76-51-59-80(60-52-76)100-72-44-40-36-32-28-24-20-16-12-8-4)88-68-66-86(96-88)91(84-64-62-82(89)94-84)75-49-57-79(58-50-75)99-71-43-39-35-31-27-23-19-15-11-7-3/h45-68,93,96H,5-44,69-72H2,1-4H3. The maximum Gasteiger partial charge on any atom is 0.119 e. The molecule has 0 atom stereocenters. The molecule has 2 aliphatic heterocycles. The van der Waals surface area contributed by atoms with Crippen LogP contribution in [0, 0.1) is 0 Å². The highest BCUT2D eigenvalue weighted by molar-refractivity contribution is 6.00. The molecule has 5 heterocycles. The van der Waals surface area contributed by atoms with Crippen molar-refractivity contribution in [1.29, 1.82) is 0 Å². The number of H-pyrrole nitrogens is 2. The van der Waals surface area contributed by atoms with Crippen molar-refractivity contribution >= 4 is 46.4 Å². The first-order valence-electron chi connectivity index (χ1n) is 40.6. The Hall–Kier alpha value is -7.32. The van der Waals surface area contributed by atoms with Crippen LogP contribution in [0.15, 0.2) is 121 Å². The second-order valence-electron chi connectivity index (χ2n) is 28.7. The van der Waals surface area contributed by atoms with E-state index in [-0.39, 0.29) is 0 Å². The Morgan fingerprint density at radius 1 is 0.210 bits per heavy atom. The lowest BCUT2D eigenvalue weighted by Crippen LogP contribution is -1.97. The Labute approximate surface area is 604 Å². The maximum atomic E-state index is 6.43. The SMILES string of the molecule is CCCCCCCCCCCCOc1ccc(-c2c3nc(c(-c4ccc(OCCCCCCCCCCCC)cc4)c4ccc([nH]4)c(-c4ccc(OCCCCCCCCCCCC)cc4)c4nc(c(-c5ccc(OCCCCCCCCCCCC)cc5)c5ccc2[nH]5)C=C4)C=C3)cc1. The molecule has 100 heavy (non-hydrogen) atoms. The molecule has 0 amide bonds. The molecular formula is C92H126N4O4. The summed E-state index contributed by atoms with van der Waals surface area (Å²) >= 11 is 0. The second kappa shape index (κ2) is 45.5. The van der Waals surface area contributed by atoms with Crippen molar-refractivity contribution in [2.24, 2.45) is 0 Å². The van der Waals surface area contributed by atoms with Gasteiger partial charge in [0.25, 0.3) is 0 Å². The van der Waals surface area contributed by atoms with Crippen LogP contribution in [-0.2, 0) is 0 Å². The van der Waals surface area contributed by atoms with E-state index in [0.29, 0.717) is 26.4 Å². The van der Waals surface area contributed by atoms with Crippen molar-refractivity contribution in [3.05, 3.63) is 144 Å². The van der Waals surface area contributed by atoms with Crippen molar-refractivity contribution in [2.45, 2.75) is 285 Å². The van der Waals surface area contributed by atoms with Crippen LogP contribution in [0.2, 0.25) is 0 Å². The molecule has 0 unspecified atom stereocenters. The molecule has 8 heteroatoms. The molecule has 538 valence electrons. The van der Waals surface area contributed by atoms with E-state index >= 15 is 0 Å². The van der Waals surface area contributed by atoms with Crippen LogP contribution >= 0.6 is 0 Å². The molecule has 8 nitrogen and oxygen atoms in total. The third-order valence-corrected chi connectivity index (χ3v) is 20.4. The topological polar surface area (TPSA) is 94.3 Å². The fourth-order valence-electron chi connectivity index (χ4n) is 14.4. The summed E-state index contributed by atoms with van der Waals surface area (Å²) in [7, 11) is 0. The zero-order valence-corrected chi connectivity index (χ0v) is 62.5. The molecular weight excluding hydrogens is 1230 g/mol. The van der Waals surface area contributed by atoms with Crippen LogP contribution in [0.5, 0.6) is 23.0 Å². The van der Waals surface area contributed by atoms with Crippen LogP contribution in [0.4, 0.5) is 0 Å². The lowest BCUT2D eigenvalue weighted by atomic mass is 10.0.